The Labute approximate surface area is 132 Å². The van der Waals surface area contributed by atoms with Crippen LogP contribution in [0, 0.1) is 17.4 Å². The number of fused-ring (bicyclic) bond motifs is 2. The molecule has 1 aromatic heterocycles. The van der Waals surface area contributed by atoms with E-state index in [2.05, 4.69) is 55.9 Å². The van der Waals surface area contributed by atoms with Gasteiger partial charge in [0.25, 0.3) is 0 Å². The van der Waals surface area contributed by atoms with Gasteiger partial charge in [-0.1, -0.05) is 19.1 Å². The topological polar surface area (TPSA) is 32.0 Å². The van der Waals surface area contributed by atoms with Crippen LogP contribution in [0.2, 0.25) is 0 Å². The van der Waals surface area contributed by atoms with Crippen molar-refractivity contribution in [2.45, 2.75) is 51.6 Å². The van der Waals surface area contributed by atoms with Crippen molar-refractivity contribution in [3.05, 3.63) is 35.5 Å². The lowest BCUT2D eigenvalue weighted by atomic mass is 9.73. The van der Waals surface area contributed by atoms with Gasteiger partial charge < -0.3 is 9.47 Å². The normalized spacial score (nSPS) is 27.0. The Kier molecular flexibility index (Phi) is 2.97. The van der Waals surface area contributed by atoms with Gasteiger partial charge in [0, 0.05) is 35.6 Å². The molecular weight excluding hydrogens is 270 g/mol. The third kappa shape index (κ3) is 1.80. The highest BCUT2D eigenvalue weighted by Gasteiger charge is 2.39. The summed E-state index contributed by atoms with van der Waals surface area (Å²) in [6.45, 7) is 7.67. The molecule has 3 heteroatoms. The van der Waals surface area contributed by atoms with Gasteiger partial charge in [-0.25, -0.2) is 0 Å². The van der Waals surface area contributed by atoms with Crippen molar-refractivity contribution >= 4 is 10.9 Å². The summed E-state index contributed by atoms with van der Waals surface area (Å²) >= 11 is 0. The van der Waals surface area contributed by atoms with Crippen LogP contribution in [0.3, 0.4) is 0 Å². The molecule has 0 amide bonds. The van der Waals surface area contributed by atoms with Crippen LogP contribution in [0.1, 0.15) is 50.3 Å². The number of rotatable bonds is 1. The van der Waals surface area contributed by atoms with Gasteiger partial charge in [0.1, 0.15) is 0 Å². The van der Waals surface area contributed by atoms with Gasteiger partial charge in [0.05, 0.1) is 6.04 Å². The number of likely N-dealkylation sites (tertiary alicyclic amines) is 1. The van der Waals surface area contributed by atoms with E-state index < -0.39 is 0 Å². The second-order valence-corrected chi connectivity index (χ2v) is 7.37. The first-order chi connectivity index (χ1) is 10.6. The number of hydrogen-bond acceptors (Lipinski definition) is 2. The van der Waals surface area contributed by atoms with Crippen molar-refractivity contribution in [1.82, 2.24) is 9.47 Å². The number of aromatic nitrogens is 1. The van der Waals surface area contributed by atoms with Crippen LogP contribution in [0.5, 0.6) is 0 Å². The standard InChI is InChI=1S/C19H23N3/c1-12(2)22-10-14-8-18-16(7-13(3)9-21(18)11-20)15-5-4-6-17(22)19(14)15/h4-6,10,12-13,16,18H,7-9H2,1-3H3/t13?,16-,18-/m1/s1. The van der Waals surface area contributed by atoms with E-state index in [9.17, 15) is 5.26 Å². The SMILES string of the molecule is CC1C[C@@H]2c3cccc4c3c(cn4C(C)C)C[C@H]2N(C#N)C1. The minimum Gasteiger partial charge on any atom is -0.345 e. The van der Waals surface area contributed by atoms with Crippen LogP contribution in [-0.2, 0) is 6.42 Å². The average molecular weight is 293 g/mol. The molecule has 1 fully saturated rings. The maximum atomic E-state index is 9.55. The summed E-state index contributed by atoms with van der Waals surface area (Å²) in [7, 11) is 0. The van der Waals surface area contributed by atoms with E-state index in [1.165, 1.54) is 28.5 Å². The molecule has 0 saturated carbocycles. The summed E-state index contributed by atoms with van der Waals surface area (Å²) in [5.41, 5.74) is 4.26. The van der Waals surface area contributed by atoms with Crippen molar-refractivity contribution < 1.29 is 0 Å². The van der Waals surface area contributed by atoms with Crippen LogP contribution in [-0.4, -0.2) is 22.1 Å². The maximum Gasteiger partial charge on any atom is 0.179 e. The van der Waals surface area contributed by atoms with Crippen LogP contribution < -0.4 is 0 Å². The molecule has 0 spiro atoms. The molecular formula is C19H23N3. The lowest BCUT2D eigenvalue weighted by Crippen LogP contribution is -2.46. The van der Waals surface area contributed by atoms with Crippen molar-refractivity contribution in [3.8, 4) is 6.19 Å². The highest BCUT2D eigenvalue weighted by Crippen LogP contribution is 2.45. The van der Waals surface area contributed by atoms with E-state index in [0.29, 0.717) is 23.9 Å². The van der Waals surface area contributed by atoms with E-state index in [1.807, 2.05) is 4.90 Å². The number of piperidine rings is 1. The third-order valence-corrected chi connectivity index (χ3v) is 5.51. The maximum absolute atomic E-state index is 9.55. The van der Waals surface area contributed by atoms with Gasteiger partial charge in [0.2, 0.25) is 0 Å². The van der Waals surface area contributed by atoms with Gasteiger partial charge in [-0.3, -0.25) is 0 Å². The summed E-state index contributed by atoms with van der Waals surface area (Å²) in [6.07, 6.45) is 6.99. The van der Waals surface area contributed by atoms with E-state index in [0.717, 1.165) is 13.0 Å². The zero-order valence-corrected chi connectivity index (χ0v) is 13.6. The Balaban J connectivity index is 1.92. The molecule has 0 radical (unpaired) electrons. The first-order valence-electron chi connectivity index (χ1n) is 8.38. The fourth-order valence-corrected chi connectivity index (χ4v) is 4.60. The molecule has 1 aliphatic carbocycles. The molecule has 1 saturated heterocycles. The highest BCUT2D eigenvalue weighted by atomic mass is 15.2. The quantitative estimate of drug-likeness (QED) is 0.743. The smallest absolute Gasteiger partial charge is 0.179 e. The Morgan fingerprint density at radius 3 is 2.86 bits per heavy atom. The summed E-state index contributed by atoms with van der Waals surface area (Å²) in [6, 6.07) is 7.55. The van der Waals surface area contributed by atoms with Gasteiger partial charge in [-0.2, -0.15) is 5.26 Å². The van der Waals surface area contributed by atoms with Gasteiger partial charge in [-0.15, -0.1) is 0 Å². The lowest BCUT2D eigenvalue weighted by Gasteiger charge is -2.43. The third-order valence-electron chi connectivity index (χ3n) is 5.51. The molecule has 3 nitrogen and oxygen atoms in total. The zero-order valence-electron chi connectivity index (χ0n) is 13.6. The van der Waals surface area contributed by atoms with Crippen LogP contribution in [0.25, 0.3) is 10.9 Å². The van der Waals surface area contributed by atoms with E-state index in [1.54, 1.807) is 0 Å². The summed E-state index contributed by atoms with van der Waals surface area (Å²) in [5, 5.41) is 11.0. The molecule has 4 rings (SSSR count). The minimum absolute atomic E-state index is 0.349. The van der Waals surface area contributed by atoms with Crippen molar-refractivity contribution in [2.75, 3.05) is 6.54 Å². The summed E-state index contributed by atoms with van der Waals surface area (Å²) < 4.78 is 2.39. The van der Waals surface area contributed by atoms with Crippen molar-refractivity contribution in [1.29, 1.82) is 5.26 Å². The second-order valence-electron chi connectivity index (χ2n) is 7.37. The molecule has 2 aromatic rings. The Bertz CT molecular complexity index is 765. The second kappa shape index (κ2) is 4.78. The summed E-state index contributed by atoms with van der Waals surface area (Å²) in [4.78, 5) is 2.04. The molecule has 2 heterocycles. The lowest BCUT2D eigenvalue weighted by molar-refractivity contribution is 0.149. The molecule has 114 valence electrons. The molecule has 3 atom stereocenters. The van der Waals surface area contributed by atoms with Crippen molar-refractivity contribution in [3.63, 3.8) is 0 Å². The fraction of sp³-hybridized carbons (Fsp3) is 0.526. The fourth-order valence-electron chi connectivity index (χ4n) is 4.60. The predicted molar refractivity (Wildman–Crippen MR) is 88.7 cm³/mol. The first-order valence-corrected chi connectivity index (χ1v) is 8.38. The Morgan fingerprint density at radius 2 is 2.14 bits per heavy atom. The number of nitrogens with zero attached hydrogens (tertiary/aromatic N) is 3. The van der Waals surface area contributed by atoms with Crippen molar-refractivity contribution in [2.24, 2.45) is 5.92 Å². The monoisotopic (exact) mass is 293 g/mol. The molecule has 1 unspecified atom stereocenters. The van der Waals surface area contributed by atoms with E-state index >= 15 is 0 Å². The van der Waals surface area contributed by atoms with Gasteiger partial charge >= 0.3 is 0 Å². The zero-order chi connectivity index (χ0) is 15.4. The van der Waals surface area contributed by atoms with Crippen LogP contribution in [0.15, 0.2) is 24.4 Å². The number of nitriles is 1. The Morgan fingerprint density at radius 1 is 1.32 bits per heavy atom. The largest absolute Gasteiger partial charge is 0.345 e. The Hall–Kier alpha value is -1.95. The number of hydrogen-bond donors (Lipinski definition) is 0. The molecule has 0 N–H and O–H groups in total. The number of benzene rings is 1. The molecule has 22 heavy (non-hydrogen) atoms. The van der Waals surface area contributed by atoms with E-state index in [4.69, 9.17) is 0 Å². The highest BCUT2D eigenvalue weighted by molar-refractivity contribution is 5.89. The summed E-state index contributed by atoms with van der Waals surface area (Å²) in [5.74, 6) is 1.09. The molecule has 1 aromatic carbocycles. The van der Waals surface area contributed by atoms with Gasteiger partial charge in [-0.05, 0) is 49.8 Å². The minimum atomic E-state index is 0.349. The van der Waals surface area contributed by atoms with Gasteiger partial charge in [0.15, 0.2) is 6.19 Å². The predicted octanol–water partition coefficient (Wildman–Crippen LogP) is 4.05. The first kappa shape index (κ1) is 13.7. The van der Waals surface area contributed by atoms with Crippen LogP contribution >= 0.6 is 0 Å². The van der Waals surface area contributed by atoms with Crippen LogP contribution in [0.4, 0.5) is 0 Å². The van der Waals surface area contributed by atoms with E-state index in [-0.39, 0.29) is 0 Å². The molecule has 2 aliphatic rings. The average Bonchev–Trinajstić information content (AvgIpc) is 2.88. The molecule has 1 aliphatic heterocycles. The molecule has 0 bridgehead atoms.